The summed E-state index contributed by atoms with van der Waals surface area (Å²) in [5.41, 5.74) is 3.31. The van der Waals surface area contributed by atoms with Gasteiger partial charge in [0.05, 0.1) is 5.69 Å². The van der Waals surface area contributed by atoms with Gasteiger partial charge in [-0.25, -0.2) is 0 Å². The van der Waals surface area contributed by atoms with Crippen LogP contribution < -0.4 is 5.32 Å². The van der Waals surface area contributed by atoms with Crippen LogP contribution in [0.4, 0.5) is 5.69 Å². The molecule has 3 rings (SSSR count). The van der Waals surface area contributed by atoms with Crippen molar-refractivity contribution in [2.45, 2.75) is 0 Å². The topological polar surface area (TPSA) is 42.0 Å². The third kappa shape index (κ3) is 4.52. The molecular formula is C20H15IN2O. The maximum Gasteiger partial charge on any atom is 0.255 e. The number of nitrogens with one attached hydrogen (secondary N) is 1. The fourth-order valence-corrected chi connectivity index (χ4v) is 2.75. The Bertz CT molecular complexity index is 876. The predicted molar refractivity (Wildman–Crippen MR) is 107 cm³/mol. The van der Waals surface area contributed by atoms with E-state index in [-0.39, 0.29) is 5.91 Å². The van der Waals surface area contributed by atoms with Crippen molar-refractivity contribution in [2.24, 2.45) is 0 Å². The van der Waals surface area contributed by atoms with E-state index in [1.807, 2.05) is 78.9 Å². The van der Waals surface area contributed by atoms with Gasteiger partial charge >= 0.3 is 0 Å². The van der Waals surface area contributed by atoms with E-state index in [0.29, 0.717) is 5.56 Å². The Labute approximate surface area is 154 Å². The minimum Gasteiger partial charge on any atom is -0.322 e. The predicted octanol–water partition coefficient (Wildman–Crippen LogP) is 5.11. The van der Waals surface area contributed by atoms with Crippen LogP contribution in [0.1, 0.15) is 21.6 Å². The number of nitrogens with zero attached hydrogens (tertiary/aromatic N) is 1. The number of anilines is 1. The number of aromatic nitrogens is 1. The van der Waals surface area contributed by atoms with Crippen LogP contribution in [0.5, 0.6) is 0 Å². The average molecular weight is 426 g/mol. The molecule has 3 nitrogen and oxygen atoms in total. The van der Waals surface area contributed by atoms with Gasteiger partial charge < -0.3 is 5.32 Å². The standard InChI is InChI=1S/C20H15IN2O/c21-17-7-4-6-16(14-17)20(24)23-19-9-3-5-15(13-19)10-11-18-8-1-2-12-22-18/h1-14H,(H,23,24)/b11-10+. The first-order chi connectivity index (χ1) is 11.7. The summed E-state index contributed by atoms with van der Waals surface area (Å²) in [5, 5.41) is 2.93. The van der Waals surface area contributed by atoms with Crippen LogP contribution in [-0.4, -0.2) is 10.9 Å². The van der Waals surface area contributed by atoms with E-state index in [0.717, 1.165) is 20.5 Å². The van der Waals surface area contributed by atoms with Gasteiger partial charge in [-0.15, -0.1) is 0 Å². The molecule has 0 aliphatic heterocycles. The van der Waals surface area contributed by atoms with Crippen LogP contribution in [0.25, 0.3) is 12.2 Å². The van der Waals surface area contributed by atoms with E-state index < -0.39 is 0 Å². The van der Waals surface area contributed by atoms with Crippen molar-refractivity contribution in [1.29, 1.82) is 0 Å². The number of hydrogen-bond donors (Lipinski definition) is 1. The summed E-state index contributed by atoms with van der Waals surface area (Å²) in [7, 11) is 0. The molecular weight excluding hydrogens is 411 g/mol. The summed E-state index contributed by atoms with van der Waals surface area (Å²) in [6, 6.07) is 21.0. The van der Waals surface area contributed by atoms with Crippen molar-refractivity contribution < 1.29 is 4.79 Å². The lowest BCUT2D eigenvalue weighted by Gasteiger charge is -2.06. The van der Waals surface area contributed by atoms with Crippen LogP contribution >= 0.6 is 22.6 Å². The highest BCUT2D eigenvalue weighted by Gasteiger charge is 2.06. The lowest BCUT2D eigenvalue weighted by molar-refractivity contribution is 0.102. The van der Waals surface area contributed by atoms with Crippen LogP contribution in [0, 0.1) is 3.57 Å². The van der Waals surface area contributed by atoms with Crippen LogP contribution in [0.2, 0.25) is 0 Å². The van der Waals surface area contributed by atoms with Gasteiger partial charge in [-0.05, 0) is 76.7 Å². The van der Waals surface area contributed by atoms with Crippen LogP contribution in [0.15, 0.2) is 72.9 Å². The smallest absolute Gasteiger partial charge is 0.255 e. The SMILES string of the molecule is O=C(Nc1cccc(/C=C/c2ccccn2)c1)c1cccc(I)c1. The first-order valence-electron chi connectivity index (χ1n) is 7.47. The van der Waals surface area contributed by atoms with Crippen molar-refractivity contribution in [3.63, 3.8) is 0 Å². The zero-order valence-electron chi connectivity index (χ0n) is 12.8. The third-order valence-electron chi connectivity index (χ3n) is 3.37. The summed E-state index contributed by atoms with van der Waals surface area (Å²) in [6.07, 6.45) is 5.68. The maximum absolute atomic E-state index is 12.3. The third-order valence-corrected chi connectivity index (χ3v) is 4.04. The minimum absolute atomic E-state index is 0.112. The monoisotopic (exact) mass is 426 g/mol. The molecule has 1 amide bonds. The first-order valence-corrected chi connectivity index (χ1v) is 8.55. The molecule has 0 spiro atoms. The molecule has 0 aliphatic rings. The molecule has 0 aliphatic carbocycles. The minimum atomic E-state index is -0.112. The van der Waals surface area contributed by atoms with E-state index >= 15 is 0 Å². The quantitative estimate of drug-likeness (QED) is 0.590. The van der Waals surface area contributed by atoms with Gasteiger partial charge in [-0.2, -0.15) is 0 Å². The van der Waals surface area contributed by atoms with Crippen molar-refractivity contribution in [3.05, 3.63) is 93.3 Å². The molecule has 0 atom stereocenters. The van der Waals surface area contributed by atoms with Gasteiger partial charge in [0.25, 0.3) is 5.91 Å². The first kappa shape index (κ1) is 16.4. The zero-order valence-corrected chi connectivity index (χ0v) is 15.0. The number of carbonyl (C=O) groups excluding carboxylic acids is 1. The van der Waals surface area contributed by atoms with Crippen LogP contribution in [0.3, 0.4) is 0 Å². The van der Waals surface area contributed by atoms with E-state index in [1.165, 1.54) is 0 Å². The second kappa shape index (κ2) is 7.88. The maximum atomic E-state index is 12.3. The summed E-state index contributed by atoms with van der Waals surface area (Å²) in [4.78, 5) is 16.6. The molecule has 1 aromatic heterocycles. The van der Waals surface area contributed by atoms with Gasteiger partial charge in [-0.1, -0.05) is 30.3 Å². The molecule has 0 saturated heterocycles. The summed E-state index contributed by atoms with van der Waals surface area (Å²) in [6.45, 7) is 0. The Morgan fingerprint density at radius 1 is 0.958 bits per heavy atom. The molecule has 0 unspecified atom stereocenters. The molecule has 2 aromatic carbocycles. The number of amides is 1. The molecule has 4 heteroatoms. The van der Waals surface area contributed by atoms with E-state index in [4.69, 9.17) is 0 Å². The molecule has 118 valence electrons. The van der Waals surface area contributed by atoms with Gasteiger partial charge in [0, 0.05) is 21.0 Å². The molecule has 0 bridgehead atoms. The molecule has 0 saturated carbocycles. The number of carbonyl (C=O) groups is 1. The Morgan fingerprint density at radius 3 is 2.62 bits per heavy atom. The number of benzene rings is 2. The molecule has 3 aromatic rings. The Balaban J connectivity index is 1.73. The summed E-state index contributed by atoms with van der Waals surface area (Å²) in [5.74, 6) is -0.112. The number of rotatable bonds is 4. The summed E-state index contributed by atoms with van der Waals surface area (Å²) >= 11 is 2.20. The second-order valence-corrected chi connectivity index (χ2v) is 6.42. The average Bonchev–Trinajstić information content (AvgIpc) is 2.61. The molecule has 1 N–H and O–H groups in total. The Morgan fingerprint density at radius 2 is 1.83 bits per heavy atom. The fraction of sp³-hybridized carbons (Fsp3) is 0. The van der Waals surface area contributed by atoms with Crippen molar-refractivity contribution in [1.82, 2.24) is 4.98 Å². The molecule has 0 fully saturated rings. The zero-order chi connectivity index (χ0) is 16.8. The van der Waals surface area contributed by atoms with Crippen molar-refractivity contribution in [2.75, 3.05) is 5.32 Å². The van der Waals surface area contributed by atoms with Crippen molar-refractivity contribution >= 4 is 46.3 Å². The highest BCUT2D eigenvalue weighted by molar-refractivity contribution is 14.1. The highest BCUT2D eigenvalue weighted by atomic mass is 127. The highest BCUT2D eigenvalue weighted by Crippen LogP contribution is 2.15. The largest absolute Gasteiger partial charge is 0.322 e. The van der Waals surface area contributed by atoms with Gasteiger partial charge in [0.15, 0.2) is 0 Å². The molecule has 24 heavy (non-hydrogen) atoms. The van der Waals surface area contributed by atoms with E-state index in [2.05, 4.69) is 32.9 Å². The summed E-state index contributed by atoms with van der Waals surface area (Å²) < 4.78 is 1.03. The van der Waals surface area contributed by atoms with Crippen LogP contribution in [-0.2, 0) is 0 Å². The van der Waals surface area contributed by atoms with E-state index in [1.54, 1.807) is 6.20 Å². The second-order valence-electron chi connectivity index (χ2n) is 5.18. The lowest BCUT2D eigenvalue weighted by Crippen LogP contribution is -2.11. The Hall–Kier alpha value is -2.47. The normalized spacial score (nSPS) is 10.7. The van der Waals surface area contributed by atoms with Gasteiger partial charge in [0.2, 0.25) is 0 Å². The molecule has 0 radical (unpaired) electrons. The number of halogens is 1. The Kier molecular flexibility index (Phi) is 5.38. The molecule has 1 heterocycles. The fourth-order valence-electron chi connectivity index (χ4n) is 2.21. The van der Waals surface area contributed by atoms with Gasteiger partial charge in [0.1, 0.15) is 0 Å². The van der Waals surface area contributed by atoms with Gasteiger partial charge in [-0.3, -0.25) is 9.78 Å². The number of pyridine rings is 1. The van der Waals surface area contributed by atoms with Crippen molar-refractivity contribution in [3.8, 4) is 0 Å². The lowest BCUT2D eigenvalue weighted by atomic mass is 10.1. The number of hydrogen-bond acceptors (Lipinski definition) is 2. The van der Waals surface area contributed by atoms with E-state index in [9.17, 15) is 4.79 Å².